The number of carbonyl (C=O) groups is 1. The van der Waals surface area contributed by atoms with E-state index in [1.54, 1.807) is 33.0 Å². The molecule has 108 valence electrons. The Morgan fingerprint density at radius 1 is 1.42 bits per heavy atom. The number of hydrogen-bond acceptors (Lipinski definition) is 5. The van der Waals surface area contributed by atoms with Gasteiger partial charge in [0.25, 0.3) is 0 Å². The van der Waals surface area contributed by atoms with Gasteiger partial charge in [-0.3, -0.25) is 9.36 Å². The molecule has 0 aliphatic rings. The van der Waals surface area contributed by atoms with E-state index in [4.69, 9.17) is 13.5 Å². The predicted molar refractivity (Wildman–Crippen MR) is 70.8 cm³/mol. The van der Waals surface area contributed by atoms with E-state index < -0.39 is 13.4 Å². The minimum Gasteiger partial charge on any atom is -0.466 e. The second-order valence-electron chi connectivity index (χ2n) is 3.89. The lowest BCUT2D eigenvalue weighted by Crippen LogP contribution is -2.30. The summed E-state index contributed by atoms with van der Waals surface area (Å²) in [5, 5.41) is 0. The standard InChI is InChI=1S/C12H20NO5P/c1-5-17-19(15,18-6-2)12(13(4)10(3)14)11-8-7-9-16-11/h7-9,12H,5-6H2,1-4H3/t12-/m1/s1. The van der Waals surface area contributed by atoms with Gasteiger partial charge in [-0.15, -0.1) is 0 Å². The molecule has 1 atom stereocenters. The van der Waals surface area contributed by atoms with E-state index in [9.17, 15) is 9.36 Å². The van der Waals surface area contributed by atoms with E-state index in [0.29, 0.717) is 5.76 Å². The molecule has 0 radical (unpaired) electrons. The molecule has 19 heavy (non-hydrogen) atoms. The molecule has 1 aromatic heterocycles. The van der Waals surface area contributed by atoms with Crippen LogP contribution in [0.25, 0.3) is 0 Å². The van der Waals surface area contributed by atoms with Crippen LogP contribution in [-0.2, 0) is 18.4 Å². The Labute approximate surface area is 113 Å². The van der Waals surface area contributed by atoms with E-state index >= 15 is 0 Å². The van der Waals surface area contributed by atoms with Crippen LogP contribution >= 0.6 is 7.60 Å². The Kier molecular flexibility index (Phi) is 5.79. The van der Waals surface area contributed by atoms with E-state index in [1.807, 2.05) is 0 Å². The van der Waals surface area contributed by atoms with Crippen LogP contribution in [0.2, 0.25) is 0 Å². The minimum absolute atomic E-state index is 0.222. The summed E-state index contributed by atoms with van der Waals surface area (Å²) in [7, 11) is -1.98. The van der Waals surface area contributed by atoms with Gasteiger partial charge in [0.05, 0.1) is 19.5 Å². The van der Waals surface area contributed by atoms with Gasteiger partial charge in [0.2, 0.25) is 5.91 Å². The molecule has 0 saturated heterocycles. The van der Waals surface area contributed by atoms with Crippen molar-refractivity contribution in [1.29, 1.82) is 0 Å². The van der Waals surface area contributed by atoms with Gasteiger partial charge in [-0.25, -0.2) is 0 Å². The Morgan fingerprint density at radius 2 is 2.00 bits per heavy atom. The molecule has 0 N–H and O–H groups in total. The van der Waals surface area contributed by atoms with Crippen LogP contribution in [-0.4, -0.2) is 31.1 Å². The van der Waals surface area contributed by atoms with Crippen LogP contribution in [0.1, 0.15) is 32.3 Å². The molecule has 0 aliphatic heterocycles. The molecule has 0 bridgehead atoms. The fraction of sp³-hybridized carbons (Fsp3) is 0.583. The normalized spacial score (nSPS) is 13.3. The van der Waals surface area contributed by atoms with Crippen molar-refractivity contribution < 1.29 is 22.8 Å². The molecule has 1 aromatic rings. The fourth-order valence-corrected chi connectivity index (χ4v) is 3.83. The highest BCUT2D eigenvalue weighted by molar-refractivity contribution is 7.54. The van der Waals surface area contributed by atoms with Crippen molar-refractivity contribution in [3.05, 3.63) is 24.2 Å². The maximum atomic E-state index is 12.9. The lowest BCUT2D eigenvalue weighted by Gasteiger charge is -2.31. The second-order valence-corrected chi connectivity index (χ2v) is 5.98. The van der Waals surface area contributed by atoms with Gasteiger partial charge in [0, 0.05) is 14.0 Å². The number of carbonyl (C=O) groups excluding carboxylic acids is 1. The highest BCUT2D eigenvalue weighted by Gasteiger charge is 2.42. The number of rotatable bonds is 7. The Balaban J connectivity index is 3.21. The molecule has 7 heteroatoms. The van der Waals surface area contributed by atoms with Gasteiger partial charge < -0.3 is 18.4 Å². The Morgan fingerprint density at radius 3 is 2.37 bits per heavy atom. The van der Waals surface area contributed by atoms with Crippen molar-refractivity contribution in [2.45, 2.75) is 26.6 Å². The van der Waals surface area contributed by atoms with Crippen LogP contribution in [0.4, 0.5) is 0 Å². The first-order valence-corrected chi connectivity index (χ1v) is 7.73. The van der Waals surface area contributed by atoms with E-state index in [0.717, 1.165) is 0 Å². The topological polar surface area (TPSA) is 69.0 Å². The average Bonchev–Trinajstić information content (AvgIpc) is 2.83. The third-order valence-corrected chi connectivity index (χ3v) is 5.01. The molecule has 0 saturated carbocycles. The maximum Gasteiger partial charge on any atom is 0.360 e. The Hall–Kier alpha value is -1.10. The van der Waals surface area contributed by atoms with Crippen LogP contribution in [0.5, 0.6) is 0 Å². The zero-order chi connectivity index (χ0) is 14.5. The van der Waals surface area contributed by atoms with Crippen LogP contribution in [0.15, 0.2) is 22.8 Å². The first-order chi connectivity index (χ1) is 8.96. The summed E-state index contributed by atoms with van der Waals surface area (Å²) in [6, 6.07) is 3.31. The summed E-state index contributed by atoms with van der Waals surface area (Å²) in [6.07, 6.45) is 1.46. The third kappa shape index (κ3) is 3.69. The van der Waals surface area contributed by atoms with Crippen molar-refractivity contribution in [3.63, 3.8) is 0 Å². The molecular weight excluding hydrogens is 269 g/mol. The zero-order valence-electron chi connectivity index (χ0n) is 11.7. The van der Waals surface area contributed by atoms with Gasteiger partial charge in [-0.05, 0) is 26.0 Å². The molecule has 0 spiro atoms. The zero-order valence-corrected chi connectivity index (χ0v) is 12.6. The second kappa shape index (κ2) is 6.89. The fourth-order valence-electron chi connectivity index (χ4n) is 1.71. The number of furan rings is 1. The lowest BCUT2D eigenvalue weighted by molar-refractivity contribution is -0.129. The summed E-state index contributed by atoms with van der Waals surface area (Å²) >= 11 is 0. The highest BCUT2D eigenvalue weighted by atomic mass is 31.2. The summed E-state index contributed by atoms with van der Waals surface area (Å²) in [4.78, 5) is 12.9. The van der Waals surface area contributed by atoms with E-state index in [-0.39, 0.29) is 19.1 Å². The Bertz CT molecular complexity index is 435. The SMILES string of the molecule is CCOP(=O)(OCC)[C@H](c1ccco1)N(C)C(C)=O. The van der Waals surface area contributed by atoms with Crippen molar-refractivity contribution in [2.24, 2.45) is 0 Å². The third-order valence-electron chi connectivity index (χ3n) is 2.58. The van der Waals surface area contributed by atoms with Crippen molar-refractivity contribution in [3.8, 4) is 0 Å². The predicted octanol–water partition coefficient (Wildman–Crippen LogP) is 3.02. The molecule has 0 aromatic carbocycles. The monoisotopic (exact) mass is 289 g/mol. The molecule has 1 heterocycles. The van der Waals surface area contributed by atoms with Gasteiger partial charge >= 0.3 is 7.60 Å². The van der Waals surface area contributed by atoms with Gasteiger partial charge in [0.1, 0.15) is 5.76 Å². The smallest absolute Gasteiger partial charge is 0.360 e. The van der Waals surface area contributed by atoms with Crippen LogP contribution in [0.3, 0.4) is 0 Å². The van der Waals surface area contributed by atoms with E-state index in [1.165, 1.54) is 18.1 Å². The summed E-state index contributed by atoms with van der Waals surface area (Å²) in [6.45, 7) is 5.27. The maximum absolute atomic E-state index is 12.9. The van der Waals surface area contributed by atoms with Gasteiger partial charge in [-0.2, -0.15) is 0 Å². The number of amides is 1. The van der Waals surface area contributed by atoms with Crippen molar-refractivity contribution in [2.75, 3.05) is 20.3 Å². The number of hydrogen-bond donors (Lipinski definition) is 0. The van der Waals surface area contributed by atoms with Crippen LogP contribution in [0, 0.1) is 0 Å². The van der Waals surface area contributed by atoms with Gasteiger partial charge in [0.15, 0.2) is 5.78 Å². The lowest BCUT2D eigenvalue weighted by atomic mass is 10.4. The molecular formula is C12H20NO5P. The molecule has 0 fully saturated rings. The molecule has 0 unspecified atom stereocenters. The van der Waals surface area contributed by atoms with E-state index in [2.05, 4.69) is 0 Å². The first kappa shape index (κ1) is 16.0. The quantitative estimate of drug-likeness (QED) is 0.722. The first-order valence-electron chi connectivity index (χ1n) is 6.11. The summed E-state index contributed by atoms with van der Waals surface area (Å²) < 4.78 is 28.8. The van der Waals surface area contributed by atoms with Gasteiger partial charge in [-0.1, -0.05) is 0 Å². The molecule has 1 rings (SSSR count). The van der Waals surface area contributed by atoms with Crippen molar-refractivity contribution in [1.82, 2.24) is 4.90 Å². The minimum atomic E-state index is -3.52. The van der Waals surface area contributed by atoms with Crippen molar-refractivity contribution >= 4 is 13.5 Å². The number of nitrogens with zero attached hydrogens (tertiary/aromatic N) is 1. The summed E-state index contributed by atoms with van der Waals surface area (Å²) in [5.74, 6) is -0.746. The largest absolute Gasteiger partial charge is 0.466 e. The average molecular weight is 289 g/mol. The molecule has 0 aliphatic carbocycles. The summed E-state index contributed by atoms with van der Waals surface area (Å²) in [5.41, 5.74) is 0. The molecule has 1 amide bonds. The van der Waals surface area contributed by atoms with Crippen LogP contribution < -0.4 is 0 Å². The molecule has 6 nitrogen and oxygen atoms in total. The highest BCUT2D eigenvalue weighted by Crippen LogP contribution is 2.62.